The number of nitrogens with zero attached hydrogens (tertiary/aromatic N) is 4. The minimum absolute atomic E-state index is 0. The van der Waals surface area contributed by atoms with Gasteiger partial charge in [0.05, 0.1) is 34.2 Å². The molecule has 42 heavy (non-hydrogen) atoms. The number of carbonyl (C=O) groups excluding carboxylic acids is 2. The summed E-state index contributed by atoms with van der Waals surface area (Å²) in [6, 6.07) is 13.8. The largest absolute Gasteiger partial charge is 1.00 e. The number of ether oxygens (including phenoxy) is 4. The highest BCUT2D eigenvalue weighted by atomic mass is 35.5. The number of nitrogen functional groups attached to an aromatic ring is 1. The summed E-state index contributed by atoms with van der Waals surface area (Å²) in [4.78, 5) is 25.0. The average Bonchev–Trinajstić information content (AvgIpc) is 3.36. The van der Waals surface area contributed by atoms with Crippen LogP contribution in [-0.4, -0.2) is 60.9 Å². The Labute approximate surface area is 252 Å². The second-order valence-electron chi connectivity index (χ2n) is 8.46. The number of carbonyl (C=O) groups is 2. The third kappa shape index (κ3) is 7.73. The maximum absolute atomic E-state index is 12.6. The monoisotopic (exact) mass is 615 g/mol. The fourth-order valence-electron chi connectivity index (χ4n) is 3.81. The van der Waals surface area contributed by atoms with Gasteiger partial charge in [0.15, 0.2) is 41.2 Å². The van der Waals surface area contributed by atoms with Gasteiger partial charge in [-0.3, -0.25) is 9.59 Å². The number of rotatable bonds is 12. The minimum atomic E-state index is -0.251. The fourth-order valence-corrected chi connectivity index (χ4v) is 4.46. The van der Waals surface area contributed by atoms with Crippen molar-refractivity contribution in [3.63, 3.8) is 0 Å². The molecule has 2 aromatic carbocycles. The first-order valence-corrected chi connectivity index (χ1v) is 13.2. The molecule has 4 rings (SSSR count). The lowest BCUT2D eigenvalue weighted by Crippen LogP contribution is -3.00. The van der Waals surface area contributed by atoms with Gasteiger partial charge in [0.1, 0.15) is 0 Å². The number of amides is 2. The third-order valence-electron chi connectivity index (χ3n) is 5.81. The zero-order valence-electron chi connectivity index (χ0n) is 23.3. The molecule has 2 amide bonds. The molecule has 4 N–H and O–H groups in total. The molecule has 0 aliphatic carbocycles. The third-order valence-corrected chi connectivity index (χ3v) is 6.75. The topological polar surface area (TPSA) is 156 Å². The molecule has 15 heteroatoms. The summed E-state index contributed by atoms with van der Waals surface area (Å²) in [5.74, 6) is 8.37. The van der Waals surface area contributed by atoms with Crippen molar-refractivity contribution in [3.8, 4) is 34.4 Å². The van der Waals surface area contributed by atoms with Crippen molar-refractivity contribution in [2.45, 2.75) is 11.7 Å². The number of hydrogen-bond acceptors (Lipinski definition) is 10. The molecular formula is C27H30ClN7O6S. The molecule has 2 heterocycles. The predicted molar refractivity (Wildman–Crippen MR) is 153 cm³/mol. The van der Waals surface area contributed by atoms with Crippen molar-refractivity contribution >= 4 is 35.0 Å². The molecular weight excluding hydrogens is 586 g/mol. The number of thioether (sulfide) groups is 1. The van der Waals surface area contributed by atoms with Gasteiger partial charge in [-0.15, -0.1) is 10.2 Å². The fraction of sp³-hybridized carbons (Fsp3) is 0.222. The quantitative estimate of drug-likeness (QED) is 0.106. The zero-order chi connectivity index (χ0) is 29.4. The van der Waals surface area contributed by atoms with E-state index in [-0.39, 0.29) is 36.5 Å². The van der Waals surface area contributed by atoms with Crippen molar-refractivity contribution in [1.29, 1.82) is 0 Å². The summed E-state index contributed by atoms with van der Waals surface area (Å²) in [6.07, 6.45) is 3.48. The van der Waals surface area contributed by atoms with E-state index in [1.165, 1.54) is 18.9 Å². The molecule has 13 nitrogen and oxygen atoms in total. The number of anilines is 2. The highest BCUT2D eigenvalue weighted by molar-refractivity contribution is 7.99. The maximum Gasteiger partial charge on any atom is 0.290 e. The van der Waals surface area contributed by atoms with E-state index < -0.39 is 0 Å². The number of nitrogens with one attached hydrogen (secondary N) is 2. The second kappa shape index (κ2) is 14.8. The van der Waals surface area contributed by atoms with E-state index in [0.29, 0.717) is 50.9 Å². The van der Waals surface area contributed by atoms with E-state index in [4.69, 9.17) is 24.8 Å². The number of hydrogen-bond donors (Lipinski definition) is 3. The van der Waals surface area contributed by atoms with Gasteiger partial charge in [-0.25, -0.2) is 4.68 Å². The molecule has 0 aliphatic rings. The highest BCUT2D eigenvalue weighted by Crippen LogP contribution is 2.31. The number of halogens is 1. The van der Waals surface area contributed by atoms with Gasteiger partial charge in [-0.05, 0) is 24.3 Å². The van der Waals surface area contributed by atoms with Crippen LogP contribution in [0.2, 0.25) is 0 Å². The van der Waals surface area contributed by atoms with Gasteiger partial charge in [0.25, 0.3) is 5.91 Å². The SMILES string of the molecule is COc1ccc(NC(=O)CSc2nnc(-c3cc[n+](CC(=O)Nc4ccc(OC)c(OC)c4)cc3)n2N)cc1OC.[Cl-]. The minimum Gasteiger partial charge on any atom is -1.00 e. The van der Waals surface area contributed by atoms with Crippen LogP contribution in [0.1, 0.15) is 0 Å². The van der Waals surface area contributed by atoms with E-state index in [1.807, 2.05) is 0 Å². The first-order valence-electron chi connectivity index (χ1n) is 12.2. The van der Waals surface area contributed by atoms with Crippen LogP contribution in [0.5, 0.6) is 23.0 Å². The standard InChI is InChI=1S/C27H29N7O6S.ClH/c1-37-20-7-5-18(13-22(20)39-3)29-24(35)15-33-11-9-17(10-12-33)26-31-32-27(34(26)28)41-16-25(36)30-19-6-8-21(38-2)23(14-19)40-4;/h5-14H,15-16H2,1-4H3,(H3-,28,29,30,31,35,36);1H. The normalized spacial score (nSPS) is 10.3. The Morgan fingerprint density at radius 2 is 1.33 bits per heavy atom. The molecule has 0 atom stereocenters. The molecule has 0 spiro atoms. The molecule has 0 saturated carbocycles. The summed E-state index contributed by atoms with van der Waals surface area (Å²) in [7, 11) is 6.14. The molecule has 0 fully saturated rings. The van der Waals surface area contributed by atoms with Crippen LogP contribution in [-0.2, 0) is 16.1 Å². The number of pyridine rings is 1. The molecule has 0 bridgehead atoms. The van der Waals surface area contributed by atoms with Gasteiger partial charge in [-0.1, -0.05) is 11.8 Å². The van der Waals surface area contributed by atoms with E-state index in [9.17, 15) is 9.59 Å². The van der Waals surface area contributed by atoms with E-state index in [2.05, 4.69) is 20.8 Å². The van der Waals surface area contributed by atoms with E-state index in [0.717, 1.165) is 11.8 Å². The Kier molecular flexibility index (Phi) is 11.2. The van der Waals surface area contributed by atoms with Crippen LogP contribution in [0.25, 0.3) is 11.4 Å². The van der Waals surface area contributed by atoms with Crippen molar-refractivity contribution in [2.75, 3.05) is 50.7 Å². The van der Waals surface area contributed by atoms with Crippen molar-refractivity contribution in [2.24, 2.45) is 0 Å². The molecule has 0 aliphatic heterocycles. The maximum atomic E-state index is 12.6. The van der Waals surface area contributed by atoms with Crippen LogP contribution in [0, 0.1) is 0 Å². The number of nitrogens with two attached hydrogens (primary N) is 1. The molecule has 0 saturated heterocycles. The van der Waals surface area contributed by atoms with Crippen LogP contribution in [0.15, 0.2) is 66.1 Å². The van der Waals surface area contributed by atoms with Crippen molar-refractivity contribution < 1.29 is 45.5 Å². The summed E-state index contributed by atoms with van der Waals surface area (Å²) in [5.41, 5.74) is 1.85. The van der Waals surface area contributed by atoms with Gasteiger partial charge in [0, 0.05) is 41.2 Å². The number of aromatic nitrogens is 4. The number of benzene rings is 2. The second-order valence-corrected chi connectivity index (χ2v) is 9.40. The van der Waals surface area contributed by atoms with Gasteiger partial charge in [0.2, 0.25) is 17.6 Å². The summed E-state index contributed by atoms with van der Waals surface area (Å²) < 4.78 is 24.0. The van der Waals surface area contributed by atoms with Crippen molar-refractivity contribution in [3.05, 3.63) is 60.9 Å². The lowest BCUT2D eigenvalue weighted by Gasteiger charge is -2.10. The molecule has 222 valence electrons. The first kappa shape index (κ1) is 31.8. The lowest BCUT2D eigenvalue weighted by molar-refractivity contribution is -0.684. The average molecular weight is 616 g/mol. The van der Waals surface area contributed by atoms with Crippen LogP contribution in [0.4, 0.5) is 11.4 Å². The molecule has 4 aromatic rings. The lowest BCUT2D eigenvalue weighted by atomic mass is 10.2. The molecule has 0 radical (unpaired) electrons. The predicted octanol–water partition coefficient (Wildman–Crippen LogP) is -0.646. The van der Waals surface area contributed by atoms with Gasteiger partial charge < -0.3 is 47.8 Å². The molecule has 2 aromatic heterocycles. The summed E-state index contributed by atoms with van der Waals surface area (Å²) >= 11 is 1.15. The van der Waals surface area contributed by atoms with Crippen LogP contribution < -0.4 is 52.4 Å². The Hall–Kier alpha value is -4.69. The summed E-state index contributed by atoms with van der Waals surface area (Å²) in [5, 5.41) is 14.3. The Balaban J connectivity index is 0.00000484. The Morgan fingerprint density at radius 3 is 1.86 bits per heavy atom. The highest BCUT2D eigenvalue weighted by Gasteiger charge is 2.17. The van der Waals surface area contributed by atoms with E-state index in [1.54, 1.807) is 79.7 Å². The number of methoxy groups -OCH3 is 4. The Morgan fingerprint density at radius 1 is 0.810 bits per heavy atom. The first-order chi connectivity index (χ1) is 19.8. The van der Waals surface area contributed by atoms with Gasteiger partial charge >= 0.3 is 0 Å². The molecule has 0 unspecified atom stereocenters. The summed E-state index contributed by atoms with van der Waals surface area (Å²) in [6.45, 7) is 0.0836. The van der Waals surface area contributed by atoms with Crippen LogP contribution in [0.3, 0.4) is 0 Å². The zero-order valence-corrected chi connectivity index (χ0v) is 24.9. The van der Waals surface area contributed by atoms with Crippen LogP contribution >= 0.6 is 11.8 Å². The van der Waals surface area contributed by atoms with Crippen molar-refractivity contribution in [1.82, 2.24) is 14.9 Å². The Bertz CT molecular complexity index is 1530. The smallest absolute Gasteiger partial charge is 0.290 e. The van der Waals surface area contributed by atoms with E-state index >= 15 is 0 Å². The van der Waals surface area contributed by atoms with Gasteiger partial charge in [-0.2, -0.15) is 4.57 Å².